The zero-order chi connectivity index (χ0) is 31.6. The lowest BCUT2D eigenvalue weighted by atomic mass is 10.0. The summed E-state index contributed by atoms with van der Waals surface area (Å²) in [5.41, 5.74) is 6.76. The van der Waals surface area contributed by atoms with Crippen LogP contribution in [0.15, 0.2) is 60.8 Å². The summed E-state index contributed by atoms with van der Waals surface area (Å²) in [6.45, 7) is -1.27. The van der Waals surface area contributed by atoms with Crippen molar-refractivity contribution in [3.8, 4) is 0 Å². The fourth-order valence-electron chi connectivity index (χ4n) is 4.14. The third-order valence-corrected chi connectivity index (χ3v) is 6.35. The minimum Gasteiger partial charge on any atom is -0.382 e. The molecule has 0 aliphatic rings. The van der Waals surface area contributed by atoms with Gasteiger partial charge in [0.2, 0.25) is 23.6 Å². The maximum absolute atomic E-state index is 13.0. The van der Waals surface area contributed by atoms with Gasteiger partial charge in [-0.3, -0.25) is 24.0 Å². The minimum atomic E-state index is -5.09. The number of halogens is 3. The van der Waals surface area contributed by atoms with E-state index in [1.54, 1.807) is 60.8 Å². The molecule has 43 heavy (non-hydrogen) atoms. The number of fused-ring (bicyclic) bond motifs is 1. The van der Waals surface area contributed by atoms with Crippen LogP contribution in [-0.2, 0) is 25.6 Å². The molecule has 0 saturated heterocycles. The third kappa shape index (κ3) is 10.1. The number of primary amides is 1. The van der Waals surface area contributed by atoms with E-state index in [1.165, 1.54) is 0 Å². The van der Waals surface area contributed by atoms with E-state index in [-0.39, 0.29) is 6.42 Å². The van der Waals surface area contributed by atoms with Crippen LogP contribution < -0.4 is 27.0 Å². The molecule has 230 valence electrons. The van der Waals surface area contributed by atoms with Crippen molar-refractivity contribution in [3.05, 3.63) is 71.9 Å². The van der Waals surface area contributed by atoms with E-state index in [0.717, 1.165) is 10.9 Å². The van der Waals surface area contributed by atoms with Gasteiger partial charge in [0.05, 0.1) is 19.1 Å². The number of benzene rings is 2. The van der Waals surface area contributed by atoms with Gasteiger partial charge in [0, 0.05) is 35.5 Å². The van der Waals surface area contributed by atoms with Crippen molar-refractivity contribution < 1.29 is 42.3 Å². The largest absolute Gasteiger partial charge is 0.416 e. The topological polar surface area (TPSA) is 196 Å². The number of nitrogens with two attached hydrogens (primary N) is 1. The molecule has 0 radical (unpaired) electrons. The fraction of sp³-hybridized carbons (Fsp3) is 0.321. The average molecular weight is 605 g/mol. The monoisotopic (exact) mass is 604 g/mol. The summed E-state index contributed by atoms with van der Waals surface area (Å²) >= 11 is 0. The number of alkyl halides is 3. The van der Waals surface area contributed by atoms with Crippen molar-refractivity contribution in [2.24, 2.45) is 5.73 Å². The number of hydrogen-bond donors (Lipinski definition) is 7. The standard InChI is InChI=1S/C28H31F3N6O6/c29-28(30,31)25(41)20(8-9-22(32)38)36-23(39)15-35-27(43)21(12-16-4-2-1-3-5-16)37-24(40)14-34-26(42)18-6-7-19-17(13-18)10-11-33-19/h1-7,10-11,13,20-21,25,33,41H,8-9,12,14-15H2,(H2,32,38)(H,34,42)(H,35,43)(H,36,39)(H,37,40)/t20?,21-,25?/m0/s1. The number of aliphatic hydroxyl groups is 1. The van der Waals surface area contributed by atoms with E-state index in [0.29, 0.717) is 11.1 Å². The highest BCUT2D eigenvalue weighted by atomic mass is 19.4. The number of amides is 5. The molecule has 0 aliphatic carbocycles. The Morgan fingerprint density at radius 1 is 0.907 bits per heavy atom. The summed E-state index contributed by atoms with van der Waals surface area (Å²) in [6.07, 6.45) is -7.48. The maximum atomic E-state index is 13.0. The number of aliphatic hydroxyl groups excluding tert-OH is 1. The van der Waals surface area contributed by atoms with E-state index in [1.807, 2.05) is 5.32 Å². The predicted molar refractivity (Wildman–Crippen MR) is 148 cm³/mol. The molecule has 3 rings (SSSR count). The lowest BCUT2D eigenvalue weighted by Crippen LogP contribution is -2.54. The predicted octanol–water partition coefficient (Wildman–Crippen LogP) is 0.415. The van der Waals surface area contributed by atoms with Crippen LogP contribution >= 0.6 is 0 Å². The van der Waals surface area contributed by atoms with E-state index < -0.39 is 79.8 Å². The smallest absolute Gasteiger partial charge is 0.382 e. The van der Waals surface area contributed by atoms with E-state index in [9.17, 15) is 42.3 Å². The number of aromatic amines is 1. The zero-order valence-electron chi connectivity index (χ0n) is 22.7. The molecular weight excluding hydrogens is 573 g/mol. The van der Waals surface area contributed by atoms with Gasteiger partial charge in [-0.1, -0.05) is 30.3 Å². The average Bonchev–Trinajstić information content (AvgIpc) is 3.44. The first kappa shape index (κ1) is 32.6. The maximum Gasteiger partial charge on any atom is 0.416 e. The highest BCUT2D eigenvalue weighted by molar-refractivity contribution is 6.00. The molecule has 1 heterocycles. The van der Waals surface area contributed by atoms with Gasteiger partial charge in [-0.05, 0) is 36.2 Å². The van der Waals surface area contributed by atoms with Gasteiger partial charge in [0.25, 0.3) is 5.91 Å². The van der Waals surface area contributed by atoms with Crippen molar-refractivity contribution in [1.29, 1.82) is 0 Å². The van der Waals surface area contributed by atoms with Crippen LogP contribution in [0, 0.1) is 0 Å². The fourth-order valence-corrected chi connectivity index (χ4v) is 4.14. The lowest BCUT2D eigenvalue weighted by molar-refractivity contribution is -0.212. The Balaban J connectivity index is 1.60. The molecule has 5 amide bonds. The molecular formula is C28H31F3N6O6. The molecule has 0 fully saturated rings. The first-order chi connectivity index (χ1) is 20.3. The number of carbonyl (C=O) groups is 5. The van der Waals surface area contributed by atoms with Crippen LogP contribution in [0.25, 0.3) is 10.9 Å². The SMILES string of the molecule is NC(=O)CCC(NC(=O)CNC(=O)[C@H](Cc1ccccc1)NC(=O)CNC(=O)c1ccc2[nH]ccc2c1)C(O)C(F)(F)F. The van der Waals surface area contributed by atoms with Crippen molar-refractivity contribution in [2.75, 3.05) is 13.1 Å². The van der Waals surface area contributed by atoms with Crippen molar-refractivity contribution in [3.63, 3.8) is 0 Å². The lowest BCUT2D eigenvalue weighted by Gasteiger charge is -2.26. The summed E-state index contributed by atoms with van der Waals surface area (Å²) in [5, 5.41) is 19.5. The summed E-state index contributed by atoms with van der Waals surface area (Å²) in [5.74, 6) is -4.08. The second-order valence-corrected chi connectivity index (χ2v) is 9.66. The van der Waals surface area contributed by atoms with Crippen molar-refractivity contribution in [1.82, 2.24) is 26.3 Å². The molecule has 8 N–H and O–H groups in total. The summed E-state index contributed by atoms with van der Waals surface area (Å²) < 4.78 is 39.1. The molecule has 2 unspecified atom stereocenters. The quantitative estimate of drug-likeness (QED) is 0.139. The second-order valence-electron chi connectivity index (χ2n) is 9.66. The number of aromatic nitrogens is 1. The summed E-state index contributed by atoms with van der Waals surface area (Å²) in [4.78, 5) is 64.5. The van der Waals surface area contributed by atoms with Gasteiger partial charge in [0.1, 0.15) is 6.04 Å². The Morgan fingerprint density at radius 3 is 2.26 bits per heavy atom. The van der Waals surface area contributed by atoms with Crippen molar-refractivity contribution >= 4 is 40.4 Å². The molecule has 3 aromatic rings. The number of H-pyrrole nitrogens is 1. The van der Waals surface area contributed by atoms with Gasteiger partial charge >= 0.3 is 6.18 Å². The van der Waals surface area contributed by atoms with Gasteiger partial charge in [-0.25, -0.2) is 0 Å². The Morgan fingerprint density at radius 2 is 1.58 bits per heavy atom. The van der Waals surface area contributed by atoms with E-state index in [4.69, 9.17) is 5.73 Å². The first-order valence-electron chi connectivity index (χ1n) is 13.1. The summed E-state index contributed by atoms with van der Waals surface area (Å²) in [7, 11) is 0. The van der Waals surface area contributed by atoms with Gasteiger partial charge in [-0.15, -0.1) is 0 Å². The molecule has 2 aromatic carbocycles. The van der Waals surface area contributed by atoms with Crippen LogP contribution in [0.4, 0.5) is 13.2 Å². The number of rotatable bonds is 14. The van der Waals surface area contributed by atoms with Gasteiger partial charge < -0.3 is 37.1 Å². The number of nitrogens with one attached hydrogen (secondary N) is 5. The van der Waals surface area contributed by atoms with Crippen LogP contribution in [0.3, 0.4) is 0 Å². The van der Waals surface area contributed by atoms with Crippen LogP contribution in [0.2, 0.25) is 0 Å². The molecule has 3 atom stereocenters. The molecule has 0 bridgehead atoms. The zero-order valence-corrected chi connectivity index (χ0v) is 22.7. The second kappa shape index (κ2) is 14.8. The molecule has 15 heteroatoms. The minimum absolute atomic E-state index is 0.00778. The number of carbonyl (C=O) groups excluding carboxylic acids is 5. The number of hydrogen-bond acceptors (Lipinski definition) is 6. The van der Waals surface area contributed by atoms with Crippen LogP contribution in [-0.4, -0.2) is 77.1 Å². The van der Waals surface area contributed by atoms with Gasteiger partial charge in [-0.2, -0.15) is 13.2 Å². The van der Waals surface area contributed by atoms with E-state index in [2.05, 4.69) is 20.9 Å². The molecule has 0 saturated carbocycles. The summed E-state index contributed by atoms with van der Waals surface area (Å²) in [6, 6.07) is 12.2. The first-order valence-corrected chi connectivity index (χ1v) is 13.1. The van der Waals surface area contributed by atoms with Crippen LogP contribution in [0.1, 0.15) is 28.8 Å². The molecule has 0 aliphatic heterocycles. The van der Waals surface area contributed by atoms with E-state index >= 15 is 0 Å². The Hall–Kier alpha value is -4.92. The highest BCUT2D eigenvalue weighted by Crippen LogP contribution is 2.24. The molecule has 0 spiro atoms. The third-order valence-electron chi connectivity index (χ3n) is 6.35. The Bertz CT molecular complexity index is 1450. The van der Waals surface area contributed by atoms with Gasteiger partial charge in [0.15, 0.2) is 6.10 Å². The molecule has 12 nitrogen and oxygen atoms in total. The van der Waals surface area contributed by atoms with Crippen molar-refractivity contribution in [2.45, 2.75) is 43.6 Å². The highest BCUT2D eigenvalue weighted by Gasteiger charge is 2.44. The molecule has 1 aromatic heterocycles. The Labute approximate surface area is 243 Å². The normalized spacial score (nSPS) is 13.4. The van der Waals surface area contributed by atoms with Crippen LogP contribution in [0.5, 0.6) is 0 Å². The Kier molecular flexibility index (Phi) is 11.2.